The molecule has 0 radical (unpaired) electrons. The Balaban J connectivity index is 2.04. The first kappa shape index (κ1) is 13.8. The molecule has 0 spiro atoms. The zero-order valence-electron chi connectivity index (χ0n) is 11.2. The summed E-state index contributed by atoms with van der Waals surface area (Å²) in [6.07, 6.45) is 5.42. The Morgan fingerprint density at radius 2 is 2.00 bits per heavy atom. The second-order valence-electron chi connectivity index (χ2n) is 5.47. The molecule has 5 heteroatoms. The molecule has 2 rings (SSSR count). The summed E-state index contributed by atoms with van der Waals surface area (Å²) in [6.45, 7) is 2.24. The van der Waals surface area contributed by atoms with E-state index in [-0.39, 0.29) is 11.2 Å². The van der Waals surface area contributed by atoms with E-state index in [0.717, 1.165) is 31.2 Å². The number of non-ortho nitro benzene ring substituents is 1. The lowest BCUT2D eigenvalue weighted by molar-refractivity contribution is -0.385. The van der Waals surface area contributed by atoms with E-state index in [2.05, 4.69) is 0 Å². The average Bonchev–Trinajstić information content (AvgIpc) is 2.37. The van der Waals surface area contributed by atoms with Gasteiger partial charge >= 0.3 is 0 Å². The number of hydrogen-bond acceptors (Lipinski definition) is 4. The van der Waals surface area contributed by atoms with Crippen molar-refractivity contribution < 1.29 is 9.66 Å². The van der Waals surface area contributed by atoms with Crippen LogP contribution in [0.15, 0.2) is 18.2 Å². The summed E-state index contributed by atoms with van der Waals surface area (Å²) in [7, 11) is 0. The highest BCUT2D eigenvalue weighted by Crippen LogP contribution is 2.28. The van der Waals surface area contributed by atoms with Crippen LogP contribution < -0.4 is 10.5 Å². The van der Waals surface area contributed by atoms with E-state index in [1.807, 2.05) is 6.92 Å². The van der Waals surface area contributed by atoms with E-state index >= 15 is 0 Å². The minimum atomic E-state index is -0.404. The van der Waals surface area contributed by atoms with E-state index in [0.29, 0.717) is 12.4 Å². The quantitative estimate of drug-likeness (QED) is 0.670. The molecule has 0 amide bonds. The summed E-state index contributed by atoms with van der Waals surface area (Å²) < 4.78 is 5.69. The molecule has 0 bridgehead atoms. The van der Waals surface area contributed by atoms with Crippen LogP contribution in [0.3, 0.4) is 0 Å². The van der Waals surface area contributed by atoms with Gasteiger partial charge in [0.15, 0.2) is 0 Å². The van der Waals surface area contributed by atoms with Crippen LogP contribution in [0, 0.1) is 17.0 Å². The van der Waals surface area contributed by atoms with Gasteiger partial charge in [-0.15, -0.1) is 0 Å². The highest BCUT2D eigenvalue weighted by atomic mass is 16.6. The number of ether oxygens (including phenoxy) is 1. The van der Waals surface area contributed by atoms with Gasteiger partial charge in [-0.3, -0.25) is 10.1 Å². The number of nitrogens with two attached hydrogens (primary N) is 1. The predicted octanol–water partition coefficient (Wildman–Crippen LogP) is 2.94. The van der Waals surface area contributed by atoms with Crippen molar-refractivity contribution in [3.05, 3.63) is 33.9 Å². The lowest BCUT2D eigenvalue weighted by atomic mass is 9.83. The highest BCUT2D eigenvalue weighted by molar-refractivity contribution is 5.42. The molecule has 0 saturated heterocycles. The van der Waals surface area contributed by atoms with Gasteiger partial charge in [-0.1, -0.05) is 19.3 Å². The third kappa shape index (κ3) is 3.67. The molecule has 19 heavy (non-hydrogen) atoms. The second kappa shape index (κ2) is 5.57. The van der Waals surface area contributed by atoms with Crippen LogP contribution in [0.2, 0.25) is 0 Å². The fraction of sp³-hybridized carbons (Fsp3) is 0.571. The molecule has 1 aromatic rings. The van der Waals surface area contributed by atoms with Crippen molar-refractivity contribution in [2.24, 2.45) is 5.73 Å². The summed E-state index contributed by atoms with van der Waals surface area (Å²) in [5.41, 5.74) is 6.88. The number of nitrogens with zero attached hydrogens (tertiary/aromatic N) is 1. The molecule has 1 aliphatic carbocycles. The Morgan fingerprint density at radius 3 is 2.63 bits per heavy atom. The van der Waals surface area contributed by atoms with Gasteiger partial charge in [-0.25, -0.2) is 0 Å². The van der Waals surface area contributed by atoms with Gasteiger partial charge in [0.2, 0.25) is 0 Å². The molecular formula is C14H20N2O3. The number of rotatable bonds is 4. The van der Waals surface area contributed by atoms with E-state index < -0.39 is 4.92 Å². The highest BCUT2D eigenvalue weighted by Gasteiger charge is 2.28. The Morgan fingerprint density at radius 1 is 1.32 bits per heavy atom. The Bertz CT molecular complexity index is 468. The molecule has 5 nitrogen and oxygen atoms in total. The zero-order valence-corrected chi connectivity index (χ0v) is 11.2. The molecule has 0 heterocycles. The van der Waals surface area contributed by atoms with Gasteiger partial charge in [-0.2, -0.15) is 0 Å². The molecule has 2 N–H and O–H groups in total. The average molecular weight is 264 g/mol. The number of nitro groups is 1. The molecular weight excluding hydrogens is 244 g/mol. The van der Waals surface area contributed by atoms with Crippen LogP contribution in [-0.2, 0) is 0 Å². The summed E-state index contributed by atoms with van der Waals surface area (Å²) in [5.74, 6) is 0.530. The van der Waals surface area contributed by atoms with Crippen molar-refractivity contribution in [2.45, 2.75) is 44.6 Å². The maximum absolute atomic E-state index is 10.8. The number of benzene rings is 1. The molecule has 0 aliphatic heterocycles. The number of nitro benzene ring substituents is 1. The Hall–Kier alpha value is -1.62. The maximum Gasteiger partial charge on any atom is 0.273 e. The first-order valence-electron chi connectivity index (χ1n) is 6.66. The summed E-state index contributed by atoms with van der Waals surface area (Å²) >= 11 is 0. The van der Waals surface area contributed by atoms with Gasteiger partial charge in [0, 0.05) is 6.07 Å². The first-order valence-corrected chi connectivity index (χ1v) is 6.66. The van der Waals surface area contributed by atoms with E-state index in [9.17, 15) is 10.1 Å². The predicted molar refractivity (Wildman–Crippen MR) is 73.3 cm³/mol. The molecule has 1 fully saturated rings. The summed E-state index contributed by atoms with van der Waals surface area (Å²) in [5, 5.41) is 10.8. The van der Waals surface area contributed by atoms with Gasteiger partial charge in [0.25, 0.3) is 5.69 Å². The summed E-state index contributed by atoms with van der Waals surface area (Å²) in [4.78, 5) is 10.4. The third-order valence-electron chi connectivity index (χ3n) is 3.62. The molecule has 1 aromatic carbocycles. The lowest BCUT2D eigenvalue weighted by Gasteiger charge is -2.33. The zero-order chi connectivity index (χ0) is 13.9. The van der Waals surface area contributed by atoms with Crippen molar-refractivity contribution >= 4 is 5.69 Å². The van der Waals surface area contributed by atoms with Crippen molar-refractivity contribution in [2.75, 3.05) is 6.61 Å². The Kier molecular flexibility index (Phi) is 4.04. The van der Waals surface area contributed by atoms with Gasteiger partial charge < -0.3 is 10.5 Å². The number of aryl methyl sites for hydroxylation is 1. The lowest BCUT2D eigenvalue weighted by Crippen LogP contribution is -2.47. The summed E-state index contributed by atoms with van der Waals surface area (Å²) in [6, 6.07) is 4.80. The van der Waals surface area contributed by atoms with E-state index in [1.165, 1.54) is 18.6 Å². The molecule has 104 valence electrons. The number of hydrogen-bond donors (Lipinski definition) is 1. The standard InChI is InChI=1S/C14H20N2O3/c1-11-7-12(16(17)18)9-13(8-11)19-10-14(15)5-3-2-4-6-14/h7-9H,2-6,10,15H2,1H3. The topological polar surface area (TPSA) is 78.4 Å². The van der Waals surface area contributed by atoms with Crippen LogP contribution in [0.1, 0.15) is 37.7 Å². The van der Waals surface area contributed by atoms with Crippen LogP contribution in [-0.4, -0.2) is 17.1 Å². The van der Waals surface area contributed by atoms with E-state index in [4.69, 9.17) is 10.5 Å². The van der Waals surface area contributed by atoms with Gasteiger partial charge in [0.1, 0.15) is 12.4 Å². The SMILES string of the molecule is Cc1cc(OCC2(N)CCCCC2)cc([N+](=O)[O-])c1. The fourth-order valence-corrected chi connectivity index (χ4v) is 2.54. The third-order valence-corrected chi connectivity index (χ3v) is 3.62. The minimum Gasteiger partial charge on any atom is -0.491 e. The van der Waals surface area contributed by atoms with Crippen LogP contribution in [0.25, 0.3) is 0 Å². The first-order chi connectivity index (χ1) is 8.98. The van der Waals surface area contributed by atoms with Crippen molar-refractivity contribution in [3.63, 3.8) is 0 Å². The molecule has 0 unspecified atom stereocenters. The maximum atomic E-state index is 10.8. The molecule has 1 aliphatic rings. The normalized spacial score (nSPS) is 18.0. The largest absolute Gasteiger partial charge is 0.491 e. The molecule has 0 atom stereocenters. The molecule has 1 saturated carbocycles. The Labute approximate surface area is 112 Å². The minimum absolute atomic E-state index is 0.0599. The van der Waals surface area contributed by atoms with Gasteiger partial charge in [-0.05, 0) is 31.4 Å². The smallest absolute Gasteiger partial charge is 0.273 e. The molecule has 0 aromatic heterocycles. The van der Waals surface area contributed by atoms with Crippen LogP contribution >= 0.6 is 0 Å². The monoisotopic (exact) mass is 264 g/mol. The van der Waals surface area contributed by atoms with Gasteiger partial charge in [0.05, 0.1) is 16.5 Å². The van der Waals surface area contributed by atoms with Crippen molar-refractivity contribution in [1.29, 1.82) is 0 Å². The van der Waals surface area contributed by atoms with Crippen LogP contribution in [0.5, 0.6) is 5.75 Å². The second-order valence-corrected chi connectivity index (χ2v) is 5.47. The van der Waals surface area contributed by atoms with E-state index in [1.54, 1.807) is 6.07 Å². The van der Waals surface area contributed by atoms with Crippen molar-refractivity contribution in [3.8, 4) is 5.75 Å². The fourth-order valence-electron chi connectivity index (χ4n) is 2.54. The van der Waals surface area contributed by atoms with Crippen LogP contribution in [0.4, 0.5) is 5.69 Å². The van der Waals surface area contributed by atoms with Crippen molar-refractivity contribution in [1.82, 2.24) is 0 Å².